The molecule has 0 aromatic carbocycles. The Bertz CT molecular complexity index is 439. The van der Waals surface area contributed by atoms with E-state index in [0.717, 1.165) is 12.2 Å². The molecule has 2 N–H and O–H groups in total. The van der Waals surface area contributed by atoms with Crippen LogP contribution in [0.25, 0.3) is 0 Å². The molecular weight excluding hydrogens is 305 g/mol. The van der Waals surface area contributed by atoms with Gasteiger partial charge in [0.25, 0.3) is 18.2 Å². The highest BCUT2D eigenvalue weighted by Crippen LogP contribution is 2.17. The fourth-order valence-corrected chi connectivity index (χ4v) is 2.03. The minimum absolute atomic E-state index is 0.0300. The molecule has 1 heterocycles. The summed E-state index contributed by atoms with van der Waals surface area (Å²) in [5.74, 6) is -2.70. The second-order valence-electron chi connectivity index (χ2n) is 4.81. The monoisotopic (exact) mass is 322 g/mol. The van der Waals surface area contributed by atoms with Crippen LogP contribution >= 0.6 is 0 Å². The molecule has 9 heteroatoms. The molecule has 1 rings (SSSR count). The van der Waals surface area contributed by atoms with Crippen molar-refractivity contribution in [1.82, 2.24) is 10.2 Å². The second kappa shape index (κ2) is 8.52. The van der Waals surface area contributed by atoms with Crippen LogP contribution in [-0.2, 0) is 14.4 Å². The maximum atomic E-state index is 13.7. The smallest absolute Gasteiger partial charge is 0.317 e. The summed E-state index contributed by atoms with van der Waals surface area (Å²) >= 11 is 0. The van der Waals surface area contributed by atoms with Crippen molar-refractivity contribution in [3.8, 4) is 0 Å². The molecule has 2 amide bonds. The number of nitrogens with one attached hydrogen (secondary N) is 1. The Labute approximate surface area is 125 Å². The summed E-state index contributed by atoms with van der Waals surface area (Å²) in [6.07, 6.45) is -2.35. The van der Waals surface area contributed by atoms with Crippen molar-refractivity contribution < 1.29 is 32.7 Å². The molecule has 1 aliphatic rings. The Morgan fingerprint density at radius 2 is 1.68 bits per heavy atom. The summed E-state index contributed by atoms with van der Waals surface area (Å²) in [6, 6.07) is -1.29. The number of alkyl halides is 3. The summed E-state index contributed by atoms with van der Waals surface area (Å²) in [4.78, 5) is 33.2. The van der Waals surface area contributed by atoms with Crippen molar-refractivity contribution in [2.45, 2.75) is 44.4 Å². The van der Waals surface area contributed by atoms with E-state index in [2.05, 4.69) is 5.32 Å². The standard InChI is InChI=1S/C13H17F3N2O4/c14-9(18-10(19)5-6-11(18)20)4-2-1-3-8(13(15)16)17-7-12(21)22/h5-6,8-9,13,17H,1-4,7H2,(H,21,22). The lowest BCUT2D eigenvalue weighted by molar-refractivity contribution is -0.143. The number of carboxylic acid groups (broad SMARTS) is 1. The Hall–Kier alpha value is -1.90. The molecular formula is C13H17F3N2O4. The highest BCUT2D eigenvalue weighted by molar-refractivity contribution is 6.13. The van der Waals surface area contributed by atoms with Gasteiger partial charge in [0.15, 0.2) is 6.30 Å². The van der Waals surface area contributed by atoms with Crippen LogP contribution < -0.4 is 5.32 Å². The van der Waals surface area contributed by atoms with E-state index in [0.29, 0.717) is 4.90 Å². The van der Waals surface area contributed by atoms with Crippen LogP contribution in [0.4, 0.5) is 13.2 Å². The van der Waals surface area contributed by atoms with Gasteiger partial charge < -0.3 is 5.11 Å². The Balaban J connectivity index is 2.29. The lowest BCUT2D eigenvalue weighted by Crippen LogP contribution is -2.39. The number of carbonyl (C=O) groups excluding carboxylic acids is 2. The van der Waals surface area contributed by atoms with Crippen LogP contribution in [0, 0.1) is 0 Å². The molecule has 2 unspecified atom stereocenters. The van der Waals surface area contributed by atoms with Crippen LogP contribution in [0.1, 0.15) is 25.7 Å². The number of nitrogens with zero attached hydrogens (tertiary/aromatic N) is 1. The third-order valence-electron chi connectivity index (χ3n) is 3.15. The topological polar surface area (TPSA) is 86.7 Å². The second-order valence-corrected chi connectivity index (χ2v) is 4.81. The number of amides is 2. The first-order chi connectivity index (χ1) is 10.3. The number of aliphatic carboxylic acids is 1. The molecule has 6 nitrogen and oxygen atoms in total. The van der Waals surface area contributed by atoms with Crippen molar-refractivity contribution in [3.05, 3.63) is 12.2 Å². The van der Waals surface area contributed by atoms with Crippen LogP contribution in [-0.4, -0.2) is 53.1 Å². The van der Waals surface area contributed by atoms with Gasteiger partial charge in [-0.3, -0.25) is 19.7 Å². The number of carboxylic acids is 1. The van der Waals surface area contributed by atoms with Gasteiger partial charge in [-0.15, -0.1) is 0 Å². The third kappa shape index (κ3) is 5.47. The van der Waals surface area contributed by atoms with Crippen molar-refractivity contribution in [1.29, 1.82) is 0 Å². The van der Waals surface area contributed by atoms with Gasteiger partial charge in [0.2, 0.25) is 0 Å². The average molecular weight is 322 g/mol. The minimum atomic E-state index is -2.73. The molecule has 0 aliphatic carbocycles. The Kier molecular flexibility index (Phi) is 7.03. The lowest BCUT2D eigenvalue weighted by Gasteiger charge is -2.20. The van der Waals surface area contributed by atoms with Gasteiger partial charge >= 0.3 is 5.97 Å². The molecule has 124 valence electrons. The summed E-state index contributed by atoms with van der Waals surface area (Å²) in [6.45, 7) is -0.580. The number of imide groups is 1. The van der Waals surface area contributed by atoms with Crippen molar-refractivity contribution in [2.75, 3.05) is 6.54 Å². The van der Waals surface area contributed by atoms with Gasteiger partial charge in [0.05, 0.1) is 12.6 Å². The Morgan fingerprint density at radius 3 is 2.18 bits per heavy atom. The van der Waals surface area contributed by atoms with Crippen molar-refractivity contribution in [3.63, 3.8) is 0 Å². The number of hydrogen-bond acceptors (Lipinski definition) is 4. The molecule has 1 aliphatic heterocycles. The predicted molar refractivity (Wildman–Crippen MR) is 69.8 cm³/mol. The van der Waals surface area contributed by atoms with E-state index in [1.54, 1.807) is 0 Å². The summed E-state index contributed by atoms with van der Waals surface area (Å²) < 4.78 is 39.0. The van der Waals surface area contributed by atoms with Crippen LogP contribution in [0.5, 0.6) is 0 Å². The minimum Gasteiger partial charge on any atom is -0.480 e. The average Bonchev–Trinajstić information content (AvgIpc) is 2.76. The van der Waals surface area contributed by atoms with Gasteiger partial charge in [0.1, 0.15) is 0 Å². The molecule has 22 heavy (non-hydrogen) atoms. The predicted octanol–water partition coefficient (Wildman–Crippen LogP) is 1.08. The third-order valence-corrected chi connectivity index (χ3v) is 3.15. The molecule has 2 atom stereocenters. The highest BCUT2D eigenvalue weighted by atomic mass is 19.3. The van der Waals surface area contributed by atoms with Crippen LogP contribution in [0.15, 0.2) is 12.2 Å². The lowest BCUT2D eigenvalue weighted by atomic mass is 10.1. The largest absolute Gasteiger partial charge is 0.480 e. The van der Waals surface area contributed by atoms with E-state index in [1.165, 1.54) is 0 Å². The molecule has 0 spiro atoms. The van der Waals surface area contributed by atoms with Gasteiger partial charge in [-0.1, -0.05) is 6.42 Å². The van der Waals surface area contributed by atoms with Gasteiger partial charge in [0, 0.05) is 12.2 Å². The zero-order valence-corrected chi connectivity index (χ0v) is 11.7. The Morgan fingerprint density at radius 1 is 1.14 bits per heavy atom. The number of rotatable bonds is 10. The molecule has 0 saturated heterocycles. The van der Waals surface area contributed by atoms with Crippen molar-refractivity contribution in [2.24, 2.45) is 0 Å². The zero-order valence-electron chi connectivity index (χ0n) is 11.7. The number of unbranched alkanes of at least 4 members (excludes halogenated alkanes) is 1. The quantitative estimate of drug-likeness (QED) is 0.357. The first-order valence-corrected chi connectivity index (χ1v) is 6.75. The first-order valence-electron chi connectivity index (χ1n) is 6.75. The first kappa shape index (κ1) is 18.1. The van der Waals surface area contributed by atoms with E-state index < -0.39 is 43.1 Å². The fourth-order valence-electron chi connectivity index (χ4n) is 2.03. The van der Waals surface area contributed by atoms with Gasteiger partial charge in [-0.2, -0.15) is 0 Å². The molecule has 0 aromatic rings. The molecule has 0 aromatic heterocycles. The molecule has 0 radical (unpaired) electrons. The van der Waals surface area contributed by atoms with E-state index in [-0.39, 0.29) is 25.7 Å². The van der Waals surface area contributed by atoms with E-state index in [4.69, 9.17) is 5.11 Å². The fraction of sp³-hybridized carbons (Fsp3) is 0.615. The molecule has 0 fully saturated rings. The van der Waals surface area contributed by atoms with Crippen LogP contribution in [0.3, 0.4) is 0 Å². The summed E-state index contributed by atoms with van der Waals surface area (Å²) in [5, 5.41) is 10.6. The molecule has 0 saturated carbocycles. The van der Waals surface area contributed by atoms with Crippen LogP contribution in [0.2, 0.25) is 0 Å². The van der Waals surface area contributed by atoms with E-state index >= 15 is 0 Å². The number of halogens is 3. The highest BCUT2D eigenvalue weighted by Gasteiger charge is 2.30. The van der Waals surface area contributed by atoms with E-state index in [1.807, 2.05) is 0 Å². The maximum absolute atomic E-state index is 13.7. The number of carbonyl (C=O) groups is 3. The van der Waals surface area contributed by atoms with Gasteiger partial charge in [-0.05, 0) is 19.3 Å². The van der Waals surface area contributed by atoms with Crippen molar-refractivity contribution >= 4 is 17.8 Å². The zero-order chi connectivity index (χ0) is 16.7. The summed E-state index contributed by atoms with van der Waals surface area (Å²) in [7, 11) is 0. The SMILES string of the molecule is O=C(O)CNC(CCCCC(F)N1C(=O)C=CC1=O)C(F)F. The maximum Gasteiger partial charge on any atom is 0.317 e. The summed E-state index contributed by atoms with van der Waals surface area (Å²) in [5.41, 5.74) is 0. The molecule has 0 bridgehead atoms. The van der Waals surface area contributed by atoms with E-state index in [9.17, 15) is 27.6 Å². The number of hydrogen-bond donors (Lipinski definition) is 2. The van der Waals surface area contributed by atoms with Gasteiger partial charge in [-0.25, -0.2) is 18.1 Å². The normalized spacial score (nSPS) is 17.4.